The summed E-state index contributed by atoms with van der Waals surface area (Å²) in [5, 5.41) is 0. The van der Waals surface area contributed by atoms with Gasteiger partial charge in [0.1, 0.15) is 0 Å². The smallest absolute Gasteiger partial charge is 0.644 e. The fourth-order valence-electron chi connectivity index (χ4n) is 0.705. The third kappa shape index (κ3) is 3.33. The van der Waals surface area contributed by atoms with Gasteiger partial charge in [-0.1, -0.05) is 17.7 Å². The van der Waals surface area contributed by atoms with Crippen molar-refractivity contribution in [2.75, 3.05) is 0 Å². The molecule has 12 heavy (non-hydrogen) atoms. The van der Waals surface area contributed by atoms with E-state index in [9.17, 15) is 8.42 Å². The van der Waals surface area contributed by atoms with Crippen molar-refractivity contribution in [2.24, 2.45) is 0 Å². The minimum absolute atomic E-state index is 0. The van der Waals surface area contributed by atoms with Gasteiger partial charge in [-0.05, 0) is 19.1 Å². The van der Waals surface area contributed by atoms with E-state index in [4.69, 9.17) is 0 Å². The SMILES string of the molecule is Cc1ccc(S(=O)(=O)[S-])cc1.[Au+]. The van der Waals surface area contributed by atoms with E-state index in [2.05, 4.69) is 11.7 Å². The molecule has 0 aliphatic rings. The van der Waals surface area contributed by atoms with Crippen LogP contribution in [0.2, 0.25) is 0 Å². The van der Waals surface area contributed by atoms with Crippen molar-refractivity contribution >= 4 is 20.5 Å². The van der Waals surface area contributed by atoms with Crippen LogP contribution in [0, 0.1) is 6.92 Å². The molecule has 1 aromatic carbocycles. The second-order valence-corrected chi connectivity index (χ2v) is 4.96. The van der Waals surface area contributed by atoms with Gasteiger partial charge in [-0.3, -0.25) is 0 Å². The van der Waals surface area contributed by atoms with Crippen LogP contribution in [0.1, 0.15) is 5.56 Å². The van der Waals surface area contributed by atoms with E-state index in [1.807, 2.05) is 6.92 Å². The first kappa shape index (κ1) is 12.3. The summed E-state index contributed by atoms with van der Waals surface area (Å²) in [6.45, 7) is 1.89. The Kier molecular flexibility index (Phi) is 4.58. The predicted molar refractivity (Wildman–Crippen MR) is 45.7 cm³/mol. The normalized spacial score (nSPS) is 10.5. The van der Waals surface area contributed by atoms with E-state index in [0.29, 0.717) is 0 Å². The Morgan fingerprint density at radius 1 is 1.17 bits per heavy atom. The molecule has 0 aliphatic carbocycles. The number of hydrogen-bond donors (Lipinski definition) is 0. The Morgan fingerprint density at radius 3 is 1.92 bits per heavy atom. The van der Waals surface area contributed by atoms with Gasteiger partial charge >= 0.3 is 22.4 Å². The molecule has 0 saturated heterocycles. The first-order valence-corrected chi connectivity index (χ1v) is 5.43. The van der Waals surface area contributed by atoms with Crippen LogP contribution in [0.15, 0.2) is 29.2 Å². The van der Waals surface area contributed by atoms with Crippen LogP contribution >= 0.6 is 0 Å². The van der Waals surface area contributed by atoms with Crippen molar-refractivity contribution in [3.05, 3.63) is 29.8 Å². The number of aryl methyl sites for hydroxylation is 1. The van der Waals surface area contributed by atoms with Crippen molar-refractivity contribution in [3.63, 3.8) is 0 Å². The molecule has 0 spiro atoms. The van der Waals surface area contributed by atoms with Crippen LogP contribution in [0.25, 0.3) is 0 Å². The number of rotatable bonds is 1. The van der Waals surface area contributed by atoms with E-state index < -0.39 is 8.87 Å². The van der Waals surface area contributed by atoms with Crippen molar-refractivity contribution in [2.45, 2.75) is 11.8 Å². The van der Waals surface area contributed by atoms with Crippen molar-refractivity contribution in [1.82, 2.24) is 0 Å². The Bertz CT molecular complexity index is 342. The molecule has 0 atom stereocenters. The summed E-state index contributed by atoms with van der Waals surface area (Å²) in [6, 6.07) is 6.47. The molecule has 0 unspecified atom stereocenters. The maximum Gasteiger partial charge on any atom is 1.00 e. The summed E-state index contributed by atoms with van der Waals surface area (Å²) < 4.78 is 21.5. The van der Waals surface area contributed by atoms with Gasteiger partial charge in [0.15, 0.2) is 0 Å². The molecule has 2 nitrogen and oxygen atoms in total. The van der Waals surface area contributed by atoms with Gasteiger partial charge in [-0.15, -0.1) is 0 Å². The van der Waals surface area contributed by atoms with Gasteiger partial charge in [0.25, 0.3) is 0 Å². The van der Waals surface area contributed by atoms with Crippen LogP contribution in [0.3, 0.4) is 0 Å². The van der Waals surface area contributed by atoms with E-state index in [0.717, 1.165) is 5.56 Å². The molecule has 0 fully saturated rings. The molecule has 0 aromatic heterocycles. The van der Waals surface area contributed by atoms with Gasteiger partial charge in [0.2, 0.25) is 0 Å². The zero-order valence-corrected chi connectivity index (χ0v) is 10.0. The zero-order valence-electron chi connectivity index (χ0n) is 6.24. The second kappa shape index (κ2) is 4.48. The van der Waals surface area contributed by atoms with Gasteiger partial charge in [-0.2, -0.15) is 0 Å². The standard InChI is InChI=1S/C7H8O2S2.Au/c1-6-2-4-7(5-3-6)11(8,9)10;/h2-5H,1H3,(H,8,9,10);/q;+1/p-1. The van der Waals surface area contributed by atoms with Crippen molar-refractivity contribution < 1.29 is 30.8 Å². The Balaban J connectivity index is 0.00000121. The summed E-state index contributed by atoms with van der Waals surface area (Å²) in [4.78, 5) is 0.193. The third-order valence-electron chi connectivity index (χ3n) is 1.31. The van der Waals surface area contributed by atoms with Gasteiger partial charge < -0.3 is 11.7 Å². The van der Waals surface area contributed by atoms with E-state index in [1.165, 1.54) is 12.1 Å². The average Bonchev–Trinajstić information content (AvgIpc) is 1.86. The maximum atomic E-state index is 10.8. The second-order valence-electron chi connectivity index (χ2n) is 2.27. The van der Waals surface area contributed by atoms with Crippen molar-refractivity contribution in [1.29, 1.82) is 0 Å². The predicted octanol–water partition coefficient (Wildman–Crippen LogP) is 1.23. The molecule has 0 amide bonds. The molecule has 0 radical (unpaired) electrons. The van der Waals surface area contributed by atoms with E-state index in [-0.39, 0.29) is 27.3 Å². The summed E-state index contributed by atoms with van der Waals surface area (Å²) >= 11 is 4.27. The quantitative estimate of drug-likeness (QED) is 0.415. The molecular formula is C7H7AuO2S2. The number of hydrogen-bond acceptors (Lipinski definition) is 3. The maximum absolute atomic E-state index is 10.8. The molecule has 1 rings (SSSR count). The van der Waals surface area contributed by atoms with Crippen molar-refractivity contribution in [3.8, 4) is 0 Å². The number of benzene rings is 1. The van der Waals surface area contributed by atoms with Crippen LogP contribution < -0.4 is 0 Å². The van der Waals surface area contributed by atoms with E-state index >= 15 is 0 Å². The zero-order chi connectivity index (χ0) is 8.48. The Morgan fingerprint density at radius 2 is 1.58 bits per heavy atom. The van der Waals surface area contributed by atoms with E-state index in [1.54, 1.807) is 12.1 Å². The molecular weight excluding hydrogens is 377 g/mol. The summed E-state index contributed by atoms with van der Waals surface area (Å²) in [6.07, 6.45) is 0. The van der Waals surface area contributed by atoms with Crippen LogP contribution in [-0.4, -0.2) is 8.42 Å². The van der Waals surface area contributed by atoms with Gasteiger partial charge in [-0.25, -0.2) is 8.42 Å². The van der Waals surface area contributed by atoms with Gasteiger partial charge in [0, 0.05) is 4.90 Å². The minimum atomic E-state index is -3.44. The molecule has 0 N–H and O–H groups in total. The average molecular weight is 384 g/mol. The molecule has 70 valence electrons. The summed E-state index contributed by atoms with van der Waals surface area (Å²) in [5.74, 6) is 0. The van der Waals surface area contributed by atoms with Gasteiger partial charge in [0.05, 0.1) is 8.87 Å². The summed E-state index contributed by atoms with van der Waals surface area (Å²) in [7, 11) is -3.44. The molecule has 1 aromatic rings. The first-order valence-electron chi connectivity index (χ1n) is 3.03. The summed E-state index contributed by atoms with van der Waals surface area (Å²) in [5.41, 5.74) is 1.02. The van der Waals surface area contributed by atoms with Crippen LogP contribution in [-0.2, 0) is 42.9 Å². The molecule has 0 heterocycles. The topological polar surface area (TPSA) is 34.1 Å². The molecule has 0 bridgehead atoms. The Labute approximate surface area is 92.6 Å². The van der Waals surface area contributed by atoms with Crippen LogP contribution in [0.4, 0.5) is 0 Å². The fraction of sp³-hybridized carbons (Fsp3) is 0.143. The third-order valence-corrected chi connectivity index (χ3v) is 2.74. The van der Waals surface area contributed by atoms with Crippen LogP contribution in [0.5, 0.6) is 0 Å². The molecule has 0 saturated carbocycles. The fourth-order valence-corrected chi connectivity index (χ4v) is 1.51. The Hall–Kier alpha value is 0.260. The molecule has 5 heteroatoms. The monoisotopic (exact) mass is 384 g/mol. The molecule has 0 aliphatic heterocycles. The largest absolute Gasteiger partial charge is 1.00 e. The minimum Gasteiger partial charge on any atom is -0.644 e. The first-order chi connectivity index (χ1) is 5.00.